The van der Waals surface area contributed by atoms with Crippen molar-refractivity contribution >= 4 is 5.91 Å². The molecule has 1 aromatic heterocycles. The smallest absolute Gasteiger partial charge is 0.246 e. The molecule has 0 aromatic carbocycles. The number of carbonyl (C=O) groups is 1. The van der Waals surface area contributed by atoms with Crippen LogP contribution in [0.25, 0.3) is 0 Å². The van der Waals surface area contributed by atoms with E-state index in [2.05, 4.69) is 15.5 Å². The number of carbonyl (C=O) groups excluding carboxylic acids is 1. The molecule has 3 N–H and O–H groups in total. The van der Waals surface area contributed by atoms with Crippen LogP contribution in [0.3, 0.4) is 0 Å². The van der Waals surface area contributed by atoms with Crippen molar-refractivity contribution in [3.05, 3.63) is 11.7 Å². The van der Waals surface area contributed by atoms with Crippen LogP contribution in [-0.2, 0) is 11.3 Å². The van der Waals surface area contributed by atoms with Gasteiger partial charge in [0, 0.05) is 12.5 Å². The van der Waals surface area contributed by atoms with Crippen LogP contribution in [0.15, 0.2) is 4.52 Å². The standard InChI is InChI=1S/C11H18N4O2/c1-7-14-11(17-15-7)6-13-10(16)5-8-3-2-4-9(8)12/h8-9H,2-6,12H2,1H3,(H,13,16)/t8-,9+/m0/s1. The van der Waals surface area contributed by atoms with E-state index in [-0.39, 0.29) is 11.9 Å². The highest BCUT2D eigenvalue weighted by Gasteiger charge is 2.25. The Labute approximate surface area is 99.9 Å². The summed E-state index contributed by atoms with van der Waals surface area (Å²) >= 11 is 0. The number of rotatable bonds is 4. The Morgan fingerprint density at radius 3 is 3.00 bits per heavy atom. The number of nitrogens with two attached hydrogens (primary N) is 1. The van der Waals surface area contributed by atoms with Crippen molar-refractivity contribution in [3.8, 4) is 0 Å². The Bertz CT molecular complexity index is 391. The Balaban J connectivity index is 1.74. The van der Waals surface area contributed by atoms with Gasteiger partial charge in [-0.2, -0.15) is 4.98 Å². The minimum Gasteiger partial charge on any atom is -0.347 e. The van der Waals surface area contributed by atoms with Gasteiger partial charge in [-0.25, -0.2) is 0 Å². The SMILES string of the molecule is Cc1noc(CNC(=O)C[C@@H]2CCC[C@H]2N)n1. The molecule has 1 aliphatic carbocycles. The highest BCUT2D eigenvalue weighted by Crippen LogP contribution is 2.26. The van der Waals surface area contributed by atoms with Gasteiger partial charge >= 0.3 is 0 Å². The normalized spacial score (nSPS) is 23.9. The van der Waals surface area contributed by atoms with E-state index >= 15 is 0 Å². The first kappa shape index (κ1) is 12.0. The van der Waals surface area contributed by atoms with Gasteiger partial charge in [-0.3, -0.25) is 4.79 Å². The number of amides is 1. The quantitative estimate of drug-likeness (QED) is 0.797. The second kappa shape index (κ2) is 5.27. The van der Waals surface area contributed by atoms with E-state index in [1.807, 2.05) is 0 Å². The van der Waals surface area contributed by atoms with Crippen molar-refractivity contribution in [2.75, 3.05) is 0 Å². The second-order valence-electron chi connectivity index (χ2n) is 4.57. The van der Waals surface area contributed by atoms with Gasteiger partial charge in [0.25, 0.3) is 0 Å². The van der Waals surface area contributed by atoms with E-state index in [0.717, 1.165) is 19.3 Å². The maximum Gasteiger partial charge on any atom is 0.246 e. The van der Waals surface area contributed by atoms with Crippen molar-refractivity contribution in [3.63, 3.8) is 0 Å². The number of aromatic nitrogens is 2. The zero-order valence-corrected chi connectivity index (χ0v) is 9.98. The van der Waals surface area contributed by atoms with E-state index in [1.54, 1.807) is 6.92 Å². The monoisotopic (exact) mass is 238 g/mol. The summed E-state index contributed by atoms with van der Waals surface area (Å²) in [5.41, 5.74) is 5.92. The maximum absolute atomic E-state index is 11.7. The Morgan fingerprint density at radius 1 is 1.59 bits per heavy atom. The Morgan fingerprint density at radius 2 is 2.41 bits per heavy atom. The van der Waals surface area contributed by atoms with Crippen LogP contribution in [0, 0.1) is 12.8 Å². The molecule has 1 aliphatic rings. The molecule has 1 heterocycles. The lowest BCUT2D eigenvalue weighted by atomic mass is 10.00. The molecule has 0 spiro atoms. The maximum atomic E-state index is 11.7. The summed E-state index contributed by atoms with van der Waals surface area (Å²) in [7, 11) is 0. The Kier molecular flexibility index (Phi) is 3.73. The molecule has 0 saturated heterocycles. The van der Waals surface area contributed by atoms with Gasteiger partial charge in [-0.1, -0.05) is 11.6 Å². The summed E-state index contributed by atoms with van der Waals surface area (Å²) in [6.45, 7) is 2.04. The summed E-state index contributed by atoms with van der Waals surface area (Å²) in [5.74, 6) is 1.33. The third kappa shape index (κ3) is 3.26. The van der Waals surface area contributed by atoms with Gasteiger partial charge < -0.3 is 15.6 Å². The van der Waals surface area contributed by atoms with Gasteiger partial charge in [0.15, 0.2) is 5.82 Å². The summed E-state index contributed by atoms with van der Waals surface area (Å²) in [6.07, 6.45) is 3.70. The lowest BCUT2D eigenvalue weighted by Crippen LogP contribution is -2.31. The van der Waals surface area contributed by atoms with Crippen LogP contribution in [0.4, 0.5) is 0 Å². The average Bonchev–Trinajstić information content (AvgIpc) is 2.86. The predicted octanol–water partition coefficient (Wildman–Crippen LogP) is 0.512. The zero-order valence-electron chi connectivity index (χ0n) is 9.98. The van der Waals surface area contributed by atoms with Gasteiger partial charge in [-0.15, -0.1) is 0 Å². The van der Waals surface area contributed by atoms with Gasteiger partial charge in [0.05, 0.1) is 6.54 Å². The molecule has 0 unspecified atom stereocenters. The number of nitrogens with zero attached hydrogens (tertiary/aromatic N) is 2. The lowest BCUT2D eigenvalue weighted by molar-refractivity contribution is -0.122. The van der Waals surface area contributed by atoms with Crippen molar-refractivity contribution in [1.29, 1.82) is 0 Å². The van der Waals surface area contributed by atoms with Crippen LogP contribution in [-0.4, -0.2) is 22.1 Å². The molecule has 17 heavy (non-hydrogen) atoms. The van der Waals surface area contributed by atoms with E-state index in [1.165, 1.54) is 0 Å². The van der Waals surface area contributed by atoms with E-state index in [4.69, 9.17) is 10.3 Å². The van der Waals surface area contributed by atoms with Crippen LogP contribution in [0.2, 0.25) is 0 Å². The molecule has 0 aliphatic heterocycles. The number of aryl methyl sites for hydroxylation is 1. The second-order valence-corrected chi connectivity index (χ2v) is 4.57. The molecule has 1 saturated carbocycles. The van der Waals surface area contributed by atoms with Gasteiger partial charge in [0.2, 0.25) is 11.8 Å². The first-order chi connectivity index (χ1) is 8.15. The molecule has 6 heteroatoms. The molecule has 2 atom stereocenters. The molecule has 1 aromatic rings. The summed E-state index contributed by atoms with van der Waals surface area (Å²) in [6, 6.07) is 0.173. The molecule has 94 valence electrons. The number of hydrogen-bond donors (Lipinski definition) is 2. The van der Waals surface area contributed by atoms with Crippen LogP contribution in [0.5, 0.6) is 0 Å². The first-order valence-corrected chi connectivity index (χ1v) is 5.96. The van der Waals surface area contributed by atoms with E-state index in [9.17, 15) is 4.79 Å². The van der Waals surface area contributed by atoms with Crippen molar-refractivity contribution in [1.82, 2.24) is 15.5 Å². The van der Waals surface area contributed by atoms with Crippen molar-refractivity contribution < 1.29 is 9.32 Å². The Hall–Kier alpha value is -1.43. The molecule has 0 bridgehead atoms. The third-order valence-corrected chi connectivity index (χ3v) is 3.17. The number of nitrogens with one attached hydrogen (secondary N) is 1. The molecule has 1 amide bonds. The minimum atomic E-state index is 0.00297. The fourth-order valence-electron chi connectivity index (χ4n) is 2.22. The van der Waals surface area contributed by atoms with Crippen LogP contribution in [0.1, 0.15) is 37.4 Å². The minimum absolute atomic E-state index is 0.00297. The topological polar surface area (TPSA) is 94.0 Å². The zero-order chi connectivity index (χ0) is 12.3. The average molecular weight is 238 g/mol. The fourth-order valence-corrected chi connectivity index (χ4v) is 2.22. The predicted molar refractivity (Wildman–Crippen MR) is 60.8 cm³/mol. The highest BCUT2D eigenvalue weighted by atomic mass is 16.5. The summed E-state index contributed by atoms with van der Waals surface area (Å²) in [5, 5.41) is 6.42. The molecule has 2 rings (SSSR count). The van der Waals surface area contributed by atoms with Gasteiger partial charge in [-0.05, 0) is 25.7 Å². The molecule has 0 radical (unpaired) electrons. The first-order valence-electron chi connectivity index (χ1n) is 5.96. The summed E-state index contributed by atoms with van der Waals surface area (Å²) in [4.78, 5) is 15.7. The van der Waals surface area contributed by atoms with E-state index < -0.39 is 0 Å². The molecular formula is C11H18N4O2. The fraction of sp³-hybridized carbons (Fsp3) is 0.727. The van der Waals surface area contributed by atoms with Crippen molar-refractivity contribution in [2.45, 2.75) is 45.2 Å². The van der Waals surface area contributed by atoms with Crippen LogP contribution < -0.4 is 11.1 Å². The molecule has 6 nitrogen and oxygen atoms in total. The molecular weight excluding hydrogens is 220 g/mol. The van der Waals surface area contributed by atoms with Gasteiger partial charge in [0.1, 0.15) is 0 Å². The third-order valence-electron chi connectivity index (χ3n) is 3.17. The number of hydrogen-bond acceptors (Lipinski definition) is 5. The highest BCUT2D eigenvalue weighted by molar-refractivity contribution is 5.76. The van der Waals surface area contributed by atoms with Crippen LogP contribution >= 0.6 is 0 Å². The lowest BCUT2D eigenvalue weighted by Gasteiger charge is -2.14. The van der Waals surface area contributed by atoms with E-state index in [0.29, 0.717) is 30.6 Å². The largest absolute Gasteiger partial charge is 0.347 e. The molecule has 1 fully saturated rings. The van der Waals surface area contributed by atoms with Crippen molar-refractivity contribution in [2.24, 2.45) is 11.7 Å². The summed E-state index contributed by atoms with van der Waals surface area (Å²) < 4.78 is 4.91.